The van der Waals surface area contributed by atoms with Gasteiger partial charge in [0, 0.05) is 11.5 Å². The van der Waals surface area contributed by atoms with Gasteiger partial charge in [-0.05, 0) is 31.7 Å². The van der Waals surface area contributed by atoms with Crippen molar-refractivity contribution in [2.75, 3.05) is 6.54 Å². The predicted molar refractivity (Wildman–Crippen MR) is 76.8 cm³/mol. The molecule has 0 aromatic heterocycles. The summed E-state index contributed by atoms with van der Waals surface area (Å²) in [7, 11) is 0. The smallest absolute Gasteiger partial charge is 0.0659 e. The first kappa shape index (κ1) is 14.3. The van der Waals surface area contributed by atoms with E-state index in [1.54, 1.807) is 0 Å². The lowest BCUT2D eigenvalue weighted by Crippen LogP contribution is -2.61. The van der Waals surface area contributed by atoms with E-state index < -0.39 is 0 Å². The van der Waals surface area contributed by atoms with Crippen LogP contribution >= 0.6 is 0 Å². The first-order chi connectivity index (χ1) is 8.59. The van der Waals surface area contributed by atoms with Gasteiger partial charge in [-0.25, -0.2) is 0 Å². The average Bonchev–Trinajstić information content (AvgIpc) is 2.38. The zero-order chi connectivity index (χ0) is 13.2. The van der Waals surface area contributed by atoms with Crippen molar-refractivity contribution < 1.29 is 4.74 Å². The van der Waals surface area contributed by atoms with Crippen molar-refractivity contribution >= 4 is 0 Å². The standard InChI is InChI=1S/C16H31NO/c1-5-12-9-7-8-10-13(12)18-15-11-14(17-6-2)16(15,3)4/h12-15,17H,5-11H2,1-4H3. The lowest BCUT2D eigenvalue weighted by Gasteiger charge is -2.53. The van der Waals surface area contributed by atoms with Crippen molar-refractivity contribution in [3.05, 3.63) is 0 Å². The van der Waals surface area contributed by atoms with Crippen molar-refractivity contribution in [3.63, 3.8) is 0 Å². The first-order valence-corrected chi connectivity index (χ1v) is 7.98. The largest absolute Gasteiger partial charge is 0.374 e. The molecule has 2 heteroatoms. The summed E-state index contributed by atoms with van der Waals surface area (Å²) in [6.45, 7) is 10.3. The highest BCUT2D eigenvalue weighted by molar-refractivity contribution is 5.03. The second-order valence-corrected chi connectivity index (χ2v) is 6.78. The average molecular weight is 253 g/mol. The number of hydrogen-bond donors (Lipinski definition) is 1. The SMILES string of the molecule is CCNC1CC(OC2CCCCC2CC)C1(C)C. The van der Waals surface area contributed by atoms with Crippen LogP contribution in [0, 0.1) is 11.3 Å². The van der Waals surface area contributed by atoms with Crippen LogP contribution in [0.5, 0.6) is 0 Å². The molecule has 2 aliphatic carbocycles. The molecule has 2 fully saturated rings. The minimum Gasteiger partial charge on any atom is -0.374 e. The van der Waals surface area contributed by atoms with E-state index in [-0.39, 0.29) is 0 Å². The first-order valence-electron chi connectivity index (χ1n) is 7.98. The Morgan fingerprint density at radius 1 is 1.17 bits per heavy atom. The summed E-state index contributed by atoms with van der Waals surface area (Å²) in [5.41, 5.74) is 0.311. The van der Waals surface area contributed by atoms with Crippen LogP contribution < -0.4 is 5.32 Å². The Balaban J connectivity index is 1.86. The molecule has 0 heterocycles. The second kappa shape index (κ2) is 5.92. The Kier molecular flexibility index (Phi) is 4.71. The zero-order valence-electron chi connectivity index (χ0n) is 12.7. The molecule has 18 heavy (non-hydrogen) atoms. The number of ether oxygens (including phenoxy) is 1. The van der Waals surface area contributed by atoms with Crippen LogP contribution in [-0.2, 0) is 4.74 Å². The Hall–Kier alpha value is -0.0800. The van der Waals surface area contributed by atoms with Gasteiger partial charge in [-0.3, -0.25) is 0 Å². The molecule has 0 spiro atoms. The van der Waals surface area contributed by atoms with Crippen LogP contribution in [0.2, 0.25) is 0 Å². The molecule has 1 N–H and O–H groups in total. The van der Waals surface area contributed by atoms with E-state index in [4.69, 9.17) is 4.74 Å². The maximum Gasteiger partial charge on any atom is 0.0659 e. The maximum atomic E-state index is 6.48. The molecule has 106 valence electrons. The van der Waals surface area contributed by atoms with Crippen LogP contribution in [0.25, 0.3) is 0 Å². The summed E-state index contributed by atoms with van der Waals surface area (Å²) in [5, 5.41) is 3.58. The molecule has 2 nitrogen and oxygen atoms in total. The van der Waals surface area contributed by atoms with Gasteiger partial charge in [0.15, 0.2) is 0 Å². The van der Waals surface area contributed by atoms with Crippen molar-refractivity contribution in [1.29, 1.82) is 0 Å². The molecule has 2 aliphatic rings. The molecule has 2 rings (SSSR count). The Morgan fingerprint density at radius 2 is 1.89 bits per heavy atom. The minimum absolute atomic E-state index is 0.311. The number of rotatable bonds is 5. The lowest BCUT2D eigenvalue weighted by molar-refractivity contribution is -0.167. The third-order valence-electron chi connectivity index (χ3n) is 5.33. The minimum atomic E-state index is 0.311. The highest BCUT2D eigenvalue weighted by Crippen LogP contribution is 2.45. The van der Waals surface area contributed by atoms with Gasteiger partial charge >= 0.3 is 0 Å². The summed E-state index contributed by atoms with van der Waals surface area (Å²) in [4.78, 5) is 0. The second-order valence-electron chi connectivity index (χ2n) is 6.78. The third-order valence-corrected chi connectivity index (χ3v) is 5.33. The molecule has 0 aromatic rings. The quantitative estimate of drug-likeness (QED) is 0.805. The molecular weight excluding hydrogens is 222 g/mol. The molecule has 0 bridgehead atoms. The molecule has 0 radical (unpaired) electrons. The molecule has 2 saturated carbocycles. The lowest BCUT2D eigenvalue weighted by atomic mass is 9.64. The van der Waals surface area contributed by atoms with E-state index >= 15 is 0 Å². The van der Waals surface area contributed by atoms with Gasteiger partial charge in [0.2, 0.25) is 0 Å². The van der Waals surface area contributed by atoms with Crippen molar-refractivity contribution in [1.82, 2.24) is 5.32 Å². The molecule has 0 saturated heterocycles. The summed E-state index contributed by atoms with van der Waals surface area (Å²) in [5.74, 6) is 0.813. The van der Waals surface area contributed by atoms with Crippen LogP contribution in [0.15, 0.2) is 0 Å². The fraction of sp³-hybridized carbons (Fsp3) is 1.00. The van der Waals surface area contributed by atoms with Gasteiger partial charge in [-0.1, -0.05) is 47.0 Å². The maximum absolute atomic E-state index is 6.48. The molecule has 4 unspecified atom stereocenters. The van der Waals surface area contributed by atoms with E-state index in [9.17, 15) is 0 Å². The Morgan fingerprint density at radius 3 is 2.50 bits per heavy atom. The molecule has 0 aromatic carbocycles. The van der Waals surface area contributed by atoms with Crippen LogP contribution in [0.4, 0.5) is 0 Å². The van der Waals surface area contributed by atoms with Gasteiger partial charge in [-0.15, -0.1) is 0 Å². The molecular formula is C16H31NO. The fourth-order valence-corrected chi connectivity index (χ4v) is 3.74. The predicted octanol–water partition coefficient (Wildman–Crippen LogP) is 3.75. The van der Waals surface area contributed by atoms with Gasteiger partial charge in [0.05, 0.1) is 12.2 Å². The third kappa shape index (κ3) is 2.75. The zero-order valence-corrected chi connectivity index (χ0v) is 12.7. The van der Waals surface area contributed by atoms with Gasteiger partial charge in [0.1, 0.15) is 0 Å². The molecule has 4 atom stereocenters. The van der Waals surface area contributed by atoms with Crippen molar-refractivity contribution in [2.45, 2.75) is 84.5 Å². The van der Waals surface area contributed by atoms with E-state index in [1.807, 2.05) is 0 Å². The topological polar surface area (TPSA) is 21.3 Å². The normalized spacial score (nSPS) is 39.3. The summed E-state index contributed by atoms with van der Waals surface area (Å²) < 4.78 is 6.48. The monoisotopic (exact) mass is 253 g/mol. The summed E-state index contributed by atoms with van der Waals surface area (Å²) in [6.07, 6.45) is 8.94. The van der Waals surface area contributed by atoms with Gasteiger partial charge < -0.3 is 10.1 Å². The Bertz CT molecular complexity index is 264. The number of hydrogen-bond acceptors (Lipinski definition) is 2. The highest BCUT2D eigenvalue weighted by Gasteiger charge is 2.49. The fourth-order valence-electron chi connectivity index (χ4n) is 3.74. The van der Waals surface area contributed by atoms with Crippen molar-refractivity contribution in [3.8, 4) is 0 Å². The van der Waals surface area contributed by atoms with Gasteiger partial charge in [-0.2, -0.15) is 0 Å². The van der Waals surface area contributed by atoms with E-state index in [2.05, 4.69) is 33.0 Å². The van der Waals surface area contributed by atoms with E-state index in [1.165, 1.54) is 38.5 Å². The summed E-state index contributed by atoms with van der Waals surface area (Å²) >= 11 is 0. The Labute approximate surface area is 113 Å². The van der Waals surface area contributed by atoms with Gasteiger partial charge in [0.25, 0.3) is 0 Å². The van der Waals surface area contributed by atoms with E-state index in [0.717, 1.165) is 12.5 Å². The van der Waals surface area contributed by atoms with Crippen LogP contribution in [0.1, 0.15) is 66.2 Å². The van der Waals surface area contributed by atoms with Crippen molar-refractivity contribution in [2.24, 2.45) is 11.3 Å². The number of nitrogens with one attached hydrogen (secondary N) is 1. The molecule has 0 aliphatic heterocycles. The van der Waals surface area contributed by atoms with Crippen LogP contribution in [0.3, 0.4) is 0 Å². The summed E-state index contributed by atoms with van der Waals surface area (Å²) in [6, 6.07) is 0.649. The molecule has 0 amide bonds. The van der Waals surface area contributed by atoms with Crippen LogP contribution in [-0.4, -0.2) is 24.8 Å². The van der Waals surface area contributed by atoms with E-state index in [0.29, 0.717) is 23.7 Å². The highest BCUT2D eigenvalue weighted by atomic mass is 16.5.